The standard InChI is InChI=1S/C7H16N2O2/c1-3-11-9-7(10)5-4-6-8-2/h8H,3-6H2,1-2H3,(H,9,10). The molecule has 0 fully saturated rings. The summed E-state index contributed by atoms with van der Waals surface area (Å²) in [7, 11) is 1.86. The maximum absolute atomic E-state index is 10.8. The van der Waals surface area contributed by atoms with Crippen LogP contribution in [0.15, 0.2) is 0 Å². The van der Waals surface area contributed by atoms with Crippen molar-refractivity contribution in [2.45, 2.75) is 19.8 Å². The van der Waals surface area contributed by atoms with Gasteiger partial charge in [-0.3, -0.25) is 9.63 Å². The molecule has 0 saturated carbocycles. The van der Waals surface area contributed by atoms with E-state index in [0.29, 0.717) is 13.0 Å². The molecule has 0 aliphatic carbocycles. The molecule has 1 amide bonds. The third-order valence-corrected chi connectivity index (χ3v) is 1.16. The van der Waals surface area contributed by atoms with Gasteiger partial charge in [0.15, 0.2) is 0 Å². The molecule has 0 aromatic heterocycles. The smallest absolute Gasteiger partial charge is 0.243 e. The van der Waals surface area contributed by atoms with Crippen LogP contribution < -0.4 is 10.8 Å². The molecule has 0 aromatic rings. The third-order valence-electron chi connectivity index (χ3n) is 1.16. The van der Waals surface area contributed by atoms with Gasteiger partial charge in [-0.05, 0) is 26.9 Å². The summed E-state index contributed by atoms with van der Waals surface area (Å²) < 4.78 is 0. The minimum Gasteiger partial charge on any atom is -0.320 e. The average Bonchev–Trinajstić information content (AvgIpc) is 2.01. The van der Waals surface area contributed by atoms with Crippen LogP contribution in [0.1, 0.15) is 19.8 Å². The highest BCUT2D eigenvalue weighted by Gasteiger charge is 1.97. The van der Waals surface area contributed by atoms with Crippen molar-refractivity contribution in [2.75, 3.05) is 20.2 Å². The Hall–Kier alpha value is -0.610. The second kappa shape index (κ2) is 7.50. The molecule has 4 nitrogen and oxygen atoms in total. The fourth-order valence-electron chi connectivity index (χ4n) is 0.629. The van der Waals surface area contributed by atoms with Crippen LogP contribution in [-0.2, 0) is 9.63 Å². The first-order chi connectivity index (χ1) is 5.31. The summed E-state index contributed by atoms with van der Waals surface area (Å²) in [4.78, 5) is 15.5. The number of hydrogen-bond acceptors (Lipinski definition) is 3. The Balaban J connectivity index is 3.09. The lowest BCUT2D eigenvalue weighted by atomic mass is 10.3. The predicted molar refractivity (Wildman–Crippen MR) is 42.9 cm³/mol. The Kier molecular flexibility index (Phi) is 7.08. The van der Waals surface area contributed by atoms with Gasteiger partial charge < -0.3 is 5.32 Å². The van der Waals surface area contributed by atoms with E-state index in [4.69, 9.17) is 4.84 Å². The number of carbonyl (C=O) groups excluding carboxylic acids is 1. The lowest BCUT2D eigenvalue weighted by molar-refractivity contribution is -0.133. The number of nitrogens with one attached hydrogen (secondary N) is 2. The van der Waals surface area contributed by atoms with Gasteiger partial charge >= 0.3 is 0 Å². The topological polar surface area (TPSA) is 50.4 Å². The van der Waals surface area contributed by atoms with E-state index in [1.807, 2.05) is 14.0 Å². The fraction of sp³-hybridized carbons (Fsp3) is 0.857. The first kappa shape index (κ1) is 10.4. The van der Waals surface area contributed by atoms with Crippen molar-refractivity contribution in [1.29, 1.82) is 0 Å². The molecule has 4 heteroatoms. The number of hydroxylamine groups is 1. The second-order valence-corrected chi connectivity index (χ2v) is 2.17. The zero-order chi connectivity index (χ0) is 8.53. The van der Waals surface area contributed by atoms with Gasteiger partial charge in [-0.15, -0.1) is 0 Å². The highest BCUT2D eigenvalue weighted by atomic mass is 16.6. The van der Waals surface area contributed by atoms with Crippen molar-refractivity contribution in [3.05, 3.63) is 0 Å². The Morgan fingerprint density at radius 2 is 2.27 bits per heavy atom. The zero-order valence-corrected chi connectivity index (χ0v) is 7.14. The average molecular weight is 160 g/mol. The molecule has 0 aromatic carbocycles. The number of carbonyl (C=O) groups is 1. The molecule has 0 bridgehead atoms. The molecule has 0 unspecified atom stereocenters. The summed E-state index contributed by atoms with van der Waals surface area (Å²) in [6.45, 7) is 3.20. The largest absolute Gasteiger partial charge is 0.320 e. The Morgan fingerprint density at radius 3 is 2.82 bits per heavy atom. The lowest BCUT2D eigenvalue weighted by Gasteiger charge is -2.02. The van der Waals surface area contributed by atoms with Crippen LogP contribution in [0, 0.1) is 0 Å². The molecule has 0 aliphatic rings. The molecular formula is C7H16N2O2. The van der Waals surface area contributed by atoms with E-state index in [2.05, 4.69) is 10.8 Å². The van der Waals surface area contributed by atoms with E-state index < -0.39 is 0 Å². The fourth-order valence-corrected chi connectivity index (χ4v) is 0.629. The van der Waals surface area contributed by atoms with E-state index >= 15 is 0 Å². The monoisotopic (exact) mass is 160 g/mol. The number of amides is 1. The molecule has 11 heavy (non-hydrogen) atoms. The second-order valence-electron chi connectivity index (χ2n) is 2.17. The molecule has 0 rings (SSSR count). The molecule has 66 valence electrons. The maximum Gasteiger partial charge on any atom is 0.243 e. The van der Waals surface area contributed by atoms with Crippen LogP contribution >= 0.6 is 0 Å². The summed E-state index contributed by atoms with van der Waals surface area (Å²) in [5.41, 5.74) is 2.32. The van der Waals surface area contributed by atoms with Crippen molar-refractivity contribution in [1.82, 2.24) is 10.8 Å². The minimum atomic E-state index is -0.0536. The van der Waals surface area contributed by atoms with Crippen LogP contribution in [0.5, 0.6) is 0 Å². The summed E-state index contributed by atoms with van der Waals surface area (Å²) in [6.07, 6.45) is 1.36. The summed E-state index contributed by atoms with van der Waals surface area (Å²) in [5, 5.41) is 2.96. The molecule has 2 N–H and O–H groups in total. The Labute approximate surface area is 67.3 Å². The Bertz CT molecular complexity index is 107. The van der Waals surface area contributed by atoms with Crippen LogP contribution in [0.3, 0.4) is 0 Å². The molecule has 0 spiro atoms. The van der Waals surface area contributed by atoms with Gasteiger partial charge in [0.1, 0.15) is 0 Å². The molecular weight excluding hydrogens is 144 g/mol. The minimum absolute atomic E-state index is 0.0536. The third kappa shape index (κ3) is 7.29. The van der Waals surface area contributed by atoms with Crippen molar-refractivity contribution < 1.29 is 9.63 Å². The normalized spacial score (nSPS) is 9.64. The van der Waals surface area contributed by atoms with Gasteiger partial charge in [0.2, 0.25) is 5.91 Å². The van der Waals surface area contributed by atoms with E-state index in [-0.39, 0.29) is 5.91 Å². The first-order valence-electron chi connectivity index (χ1n) is 3.86. The quantitative estimate of drug-likeness (QED) is 0.426. The van der Waals surface area contributed by atoms with E-state index in [1.54, 1.807) is 0 Å². The molecule has 0 atom stereocenters. The van der Waals surface area contributed by atoms with Crippen LogP contribution in [0.25, 0.3) is 0 Å². The summed E-state index contributed by atoms with van der Waals surface area (Å²) in [6, 6.07) is 0. The van der Waals surface area contributed by atoms with Crippen molar-refractivity contribution >= 4 is 5.91 Å². The Morgan fingerprint density at radius 1 is 1.55 bits per heavy atom. The van der Waals surface area contributed by atoms with E-state index in [0.717, 1.165) is 13.0 Å². The van der Waals surface area contributed by atoms with Crippen molar-refractivity contribution in [2.24, 2.45) is 0 Å². The van der Waals surface area contributed by atoms with Gasteiger partial charge in [-0.2, -0.15) is 0 Å². The zero-order valence-electron chi connectivity index (χ0n) is 7.14. The van der Waals surface area contributed by atoms with Crippen LogP contribution in [-0.4, -0.2) is 26.1 Å². The first-order valence-corrected chi connectivity index (χ1v) is 3.86. The SMILES string of the molecule is CCONC(=O)CCCNC. The van der Waals surface area contributed by atoms with Crippen molar-refractivity contribution in [3.8, 4) is 0 Å². The van der Waals surface area contributed by atoms with Crippen molar-refractivity contribution in [3.63, 3.8) is 0 Å². The lowest BCUT2D eigenvalue weighted by Crippen LogP contribution is -2.24. The molecule has 0 saturated heterocycles. The highest BCUT2D eigenvalue weighted by molar-refractivity contribution is 5.74. The van der Waals surface area contributed by atoms with Gasteiger partial charge in [-0.1, -0.05) is 0 Å². The predicted octanol–water partition coefficient (Wildman–Crippen LogP) is 0.0537. The summed E-state index contributed by atoms with van der Waals surface area (Å²) >= 11 is 0. The van der Waals surface area contributed by atoms with E-state index in [9.17, 15) is 4.79 Å². The molecule has 0 aliphatic heterocycles. The van der Waals surface area contributed by atoms with Gasteiger partial charge in [0, 0.05) is 6.42 Å². The van der Waals surface area contributed by atoms with Crippen LogP contribution in [0.2, 0.25) is 0 Å². The van der Waals surface area contributed by atoms with Gasteiger partial charge in [0.05, 0.1) is 6.61 Å². The summed E-state index contributed by atoms with van der Waals surface area (Å²) in [5.74, 6) is -0.0536. The molecule has 0 radical (unpaired) electrons. The highest BCUT2D eigenvalue weighted by Crippen LogP contribution is 1.85. The number of rotatable bonds is 6. The van der Waals surface area contributed by atoms with Gasteiger partial charge in [-0.25, -0.2) is 5.48 Å². The molecule has 0 heterocycles. The van der Waals surface area contributed by atoms with Crippen LogP contribution in [0.4, 0.5) is 0 Å². The maximum atomic E-state index is 10.8. The van der Waals surface area contributed by atoms with E-state index in [1.165, 1.54) is 0 Å². The number of hydrogen-bond donors (Lipinski definition) is 2. The van der Waals surface area contributed by atoms with Gasteiger partial charge in [0.25, 0.3) is 0 Å².